The van der Waals surface area contributed by atoms with Crippen LogP contribution in [0.5, 0.6) is 5.75 Å². The third kappa shape index (κ3) is 1.65. The van der Waals surface area contributed by atoms with Crippen LogP contribution < -0.4 is 5.32 Å². The van der Waals surface area contributed by atoms with Gasteiger partial charge >= 0.3 is 0 Å². The average Bonchev–Trinajstić information content (AvgIpc) is 2.88. The average molecular weight is 217 g/mol. The van der Waals surface area contributed by atoms with Crippen LogP contribution in [-0.2, 0) is 6.42 Å². The van der Waals surface area contributed by atoms with Crippen molar-refractivity contribution in [1.29, 1.82) is 0 Å². The van der Waals surface area contributed by atoms with Crippen molar-refractivity contribution in [3.8, 4) is 5.75 Å². The van der Waals surface area contributed by atoms with Gasteiger partial charge in [0.25, 0.3) is 0 Å². The van der Waals surface area contributed by atoms with Gasteiger partial charge in [0.15, 0.2) is 11.4 Å². The topological polar surface area (TPSA) is 49.6 Å². The number of hydrogen-bond donors (Lipinski definition) is 2. The lowest BCUT2D eigenvalue weighted by Crippen LogP contribution is -2.10. The Kier molecular flexibility index (Phi) is 2.29. The van der Waals surface area contributed by atoms with Gasteiger partial charge in [0.2, 0.25) is 0 Å². The molecule has 1 unspecified atom stereocenters. The Balaban J connectivity index is 1.90. The second-order valence-corrected chi connectivity index (χ2v) is 4.42. The van der Waals surface area contributed by atoms with Crippen LogP contribution in [0, 0.1) is 5.92 Å². The van der Waals surface area contributed by atoms with Gasteiger partial charge < -0.3 is 14.8 Å². The molecule has 84 valence electrons. The van der Waals surface area contributed by atoms with Crippen LogP contribution in [0.4, 0.5) is 0 Å². The van der Waals surface area contributed by atoms with Crippen molar-refractivity contribution >= 4 is 5.65 Å². The minimum absolute atomic E-state index is 0.248. The first kappa shape index (κ1) is 9.66. The zero-order valence-corrected chi connectivity index (χ0v) is 9.06. The highest BCUT2D eigenvalue weighted by Gasteiger charge is 2.16. The van der Waals surface area contributed by atoms with Gasteiger partial charge in [0.1, 0.15) is 0 Å². The standard InChI is InChI=1S/C12H15N3O/c16-11-2-1-5-15-8-10(14-12(11)15)6-9-3-4-13-7-9/h1-2,5,8-9,13,16H,3-4,6-7H2. The van der Waals surface area contributed by atoms with Crippen molar-refractivity contribution in [2.24, 2.45) is 5.92 Å². The van der Waals surface area contributed by atoms with Gasteiger partial charge in [-0.15, -0.1) is 0 Å². The lowest BCUT2D eigenvalue weighted by Gasteiger charge is -2.03. The highest BCUT2D eigenvalue weighted by atomic mass is 16.3. The Bertz CT molecular complexity index is 500. The minimum atomic E-state index is 0.248. The number of fused-ring (bicyclic) bond motifs is 1. The summed E-state index contributed by atoms with van der Waals surface area (Å²) in [6, 6.07) is 3.49. The maximum Gasteiger partial charge on any atom is 0.179 e. The lowest BCUT2D eigenvalue weighted by atomic mass is 10.0. The number of aromatic hydroxyl groups is 1. The number of hydrogen-bond acceptors (Lipinski definition) is 3. The van der Waals surface area contributed by atoms with Gasteiger partial charge in [0, 0.05) is 12.4 Å². The molecular formula is C12H15N3O. The molecule has 2 aromatic rings. The van der Waals surface area contributed by atoms with Gasteiger partial charge in [-0.2, -0.15) is 0 Å². The van der Waals surface area contributed by atoms with Crippen LogP contribution in [-0.4, -0.2) is 27.6 Å². The number of imidazole rings is 1. The molecule has 0 spiro atoms. The van der Waals surface area contributed by atoms with Crippen LogP contribution >= 0.6 is 0 Å². The molecule has 4 nitrogen and oxygen atoms in total. The summed E-state index contributed by atoms with van der Waals surface area (Å²) >= 11 is 0. The Labute approximate surface area is 93.9 Å². The molecule has 0 aromatic carbocycles. The molecule has 16 heavy (non-hydrogen) atoms. The first-order valence-corrected chi connectivity index (χ1v) is 5.69. The van der Waals surface area contributed by atoms with E-state index in [1.54, 1.807) is 6.07 Å². The summed E-state index contributed by atoms with van der Waals surface area (Å²) in [5.41, 5.74) is 1.72. The number of nitrogens with zero attached hydrogens (tertiary/aromatic N) is 2. The molecule has 0 bridgehead atoms. The normalized spacial score (nSPS) is 20.6. The van der Waals surface area contributed by atoms with Crippen LogP contribution in [0.3, 0.4) is 0 Å². The third-order valence-electron chi connectivity index (χ3n) is 3.17. The first-order chi connectivity index (χ1) is 7.83. The zero-order valence-electron chi connectivity index (χ0n) is 9.06. The van der Waals surface area contributed by atoms with Crippen LogP contribution in [0.1, 0.15) is 12.1 Å². The molecule has 0 aliphatic carbocycles. The van der Waals surface area contributed by atoms with Gasteiger partial charge in [-0.1, -0.05) is 0 Å². The highest BCUT2D eigenvalue weighted by molar-refractivity contribution is 5.53. The van der Waals surface area contributed by atoms with Crippen LogP contribution in [0.2, 0.25) is 0 Å². The van der Waals surface area contributed by atoms with E-state index in [1.807, 2.05) is 22.9 Å². The molecule has 1 aliphatic heterocycles. The Morgan fingerprint density at radius 3 is 3.25 bits per heavy atom. The van der Waals surface area contributed by atoms with Crippen molar-refractivity contribution in [3.63, 3.8) is 0 Å². The molecule has 1 aliphatic rings. The Hall–Kier alpha value is -1.55. The van der Waals surface area contributed by atoms with E-state index in [0.717, 1.165) is 25.2 Å². The number of pyridine rings is 1. The monoisotopic (exact) mass is 217 g/mol. The van der Waals surface area contributed by atoms with Gasteiger partial charge in [0.05, 0.1) is 5.69 Å². The summed E-state index contributed by atoms with van der Waals surface area (Å²) in [4.78, 5) is 4.46. The van der Waals surface area contributed by atoms with Crippen LogP contribution in [0.25, 0.3) is 5.65 Å². The molecule has 0 saturated carbocycles. The van der Waals surface area contributed by atoms with E-state index in [0.29, 0.717) is 11.6 Å². The number of rotatable bonds is 2. The van der Waals surface area contributed by atoms with Crippen molar-refractivity contribution in [2.45, 2.75) is 12.8 Å². The fraction of sp³-hybridized carbons (Fsp3) is 0.417. The van der Waals surface area contributed by atoms with E-state index in [9.17, 15) is 5.11 Å². The summed E-state index contributed by atoms with van der Waals surface area (Å²) in [7, 11) is 0. The molecule has 0 radical (unpaired) electrons. The van der Waals surface area contributed by atoms with Gasteiger partial charge in [-0.25, -0.2) is 4.98 Å². The molecular weight excluding hydrogens is 202 g/mol. The highest BCUT2D eigenvalue weighted by Crippen LogP contribution is 2.20. The third-order valence-corrected chi connectivity index (χ3v) is 3.17. The second kappa shape index (κ2) is 3.79. The summed E-state index contributed by atoms with van der Waals surface area (Å²) in [5, 5.41) is 13.0. The predicted molar refractivity (Wildman–Crippen MR) is 61.5 cm³/mol. The molecule has 2 aromatic heterocycles. The van der Waals surface area contributed by atoms with E-state index >= 15 is 0 Å². The molecule has 3 heterocycles. The molecule has 2 N–H and O–H groups in total. The quantitative estimate of drug-likeness (QED) is 0.794. The predicted octanol–water partition coefficient (Wildman–Crippen LogP) is 1.19. The van der Waals surface area contributed by atoms with E-state index < -0.39 is 0 Å². The Morgan fingerprint density at radius 2 is 2.50 bits per heavy atom. The summed E-state index contributed by atoms with van der Waals surface area (Å²) in [6.45, 7) is 2.20. The fourth-order valence-electron chi connectivity index (χ4n) is 2.33. The largest absolute Gasteiger partial charge is 0.504 e. The lowest BCUT2D eigenvalue weighted by molar-refractivity contribution is 0.477. The van der Waals surface area contributed by atoms with E-state index in [4.69, 9.17) is 0 Å². The van der Waals surface area contributed by atoms with Crippen LogP contribution in [0.15, 0.2) is 24.5 Å². The van der Waals surface area contributed by atoms with Crippen molar-refractivity contribution in [2.75, 3.05) is 13.1 Å². The van der Waals surface area contributed by atoms with E-state index in [2.05, 4.69) is 10.3 Å². The maximum atomic E-state index is 9.65. The smallest absolute Gasteiger partial charge is 0.179 e. The molecule has 4 heteroatoms. The van der Waals surface area contributed by atoms with Gasteiger partial charge in [-0.05, 0) is 44.0 Å². The molecule has 1 saturated heterocycles. The number of nitrogens with one attached hydrogen (secondary N) is 1. The fourth-order valence-corrected chi connectivity index (χ4v) is 2.33. The zero-order chi connectivity index (χ0) is 11.0. The van der Waals surface area contributed by atoms with Crippen molar-refractivity contribution < 1.29 is 5.11 Å². The molecule has 1 fully saturated rings. The van der Waals surface area contributed by atoms with Crippen molar-refractivity contribution in [3.05, 3.63) is 30.2 Å². The maximum absolute atomic E-state index is 9.65. The second-order valence-electron chi connectivity index (χ2n) is 4.42. The summed E-state index contributed by atoms with van der Waals surface area (Å²) < 4.78 is 1.88. The summed E-state index contributed by atoms with van der Waals surface area (Å²) in [6.07, 6.45) is 6.14. The Morgan fingerprint density at radius 1 is 1.56 bits per heavy atom. The first-order valence-electron chi connectivity index (χ1n) is 5.69. The summed E-state index contributed by atoms with van der Waals surface area (Å²) in [5.74, 6) is 0.936. The van der Waals surface area contributed by atoms with Crippen molar-refractivity contribution in [1.82, 2.24) is 14.7 Å². The minimum Gasteiger partial charge on any atom is -0.504 e. The molecule has 0 amide bonds. The van der Waals surface area contributed by atoms with E-state index in [-0.39, 0.29) is 5.75 Å². The van der Waals surface area contributed by atoms with E-state index in [1.165, 1.54) is 6.42 Å². The molecule has 1 atom stereocenters. The number of aromatic nitrogens is 2. The van der Waals surface area contributed by atoms with Gasteiger partial charge in [-0.3, -0.25) is 0 Å². The SMILES string of the molecule is Oc1cccn2cc(CC3CCNC3)nc12. The molecule has 3 rings (SSSR count).